The normalized spacial score (nSPS) is 22.6. The number of piperazine rings is 1. The van der Waals surface area contributed by atoms with Crippen molar-refractivity contribution in [3.8, 4) is 0 Å². The van der Waals surface area contributed by atoms with E-state index in [9.17, 15) is 9.90 Å². The average Bonchev–Trinajstić information content (AvgIpc) is 3.08. The Labute approximate surface area is 136 Å². The van der Waals surface area contributed by atoms with E-state index in [0.29, 0.717) is 6.42 Å². The molecule has 3 rings (SSSR count). The number of likely N-dealkylation sites (tertiary alicyclic amines) is 1. The summed E-state index contributed by atoms with van der Waals surface area (Å²) in [5, 5.41) is 9.33. The van der Waals surface area contributed by atoms with E-state index < -0.39 is 0 Å². The van der Waals surface area contributed by atoms with E-state index in [1.54, 1.807) is 18.5 Å². The molecule has 0 aromatic carbocycles. The zero-order valence-corrected chi connectivity index (χ0v) is 13.5. The van der Waals surface area contributed by atoms with Crippen LogP contribution in [0.4, 0.5) is 5.95 Å². The van der Waals surface area contributed by atoms with Crippen LogP contribution in [-0.2, 0) is 4.79 Å². The van der Waals surface area contributed by atoms with Crippen LogP contribution in [0.15, 0.2) is 18.5 Å². The molecule has 0 saturated carbocycles. The Morgan fingerprint density at radius 1 is 1.17 bits per heavy atom. The van der Waals surface area contributed by atoms with Crippen LogP contribution in [-0.4, -0.2) is 82.7 Å². The van der Waals surface area contributed by atoms with Crippen LogP contribution in [0.1, 0.15) is 19.3 Å². The van der Waals surface area contributed by atoms with Gasteiger partial charge < -0.3 is 14.9 Å². The fourth-order valence-electron chi connectivity index (χ4n) is 3.40. The average molecular weight is 319 g/mol. The van der Waals surface area contributed by atoms with Crippen LogP contribution < -0.4 is 4.90 Å². The zero-order chi connectivity index (χ0) is 16.1. The Morgan fingerprint density at radius 3 is 2.61 bits per heavy atom. The van der Waals surface area contributed by atoms with Gasteiger partial charge in [0.1, 0.15) is 0 Å². The molecule has 2 saturated heterocycles. The van der Waals surface area contributed by atoms with Gasteiger partial charge in [-0.15, -0.1) is 0 Å². The lowest BCUT2D eigenvalue weighted by Crippen LogP contribution is -2.49. The van der Waals surface area contributed by atoms with Gasteiger partial charge in [0.05, 0.1) is 6.61 Å². The van der Waals surface area contributed by atoms with Crippen molar-refractivity contribution in [2.24, 2.45) is 0 Å². The largest absolute Gasteiger partial charge is 0.395 e. The summed E-state index contributed by atoms with van der Waals surface area (Å²) in [6, 6.07) is 2.05. The van der Waals surface area contributed by atoms with Crippen LogP contribution in [0, 0.1) is 0 Å². The number of anilines is 1. The van der Waals surface area contributed by atoms with Crippen molar-refractivity contribution < 1.29 is 9.90 Å². The summed E-state index contributed by atoms with van der Waals surface area (Å²) in [5.41, 5.74) is 0. The van der Waals surface area contributed by atoms with Crippen molar-refractivity contribution in [1.29, 1.82) is 0 Å². The third kappa shape index (κ3) is 3.97. The number of carbonyl (C=O) groups is 1. The molecule has 1 N–H and O–H groups in total. The smallest absolute Gasteiger partial charge is 0.225 e. The van der Waals surface area contributed by atoms with Crippen molar-refractivity contribution in [2.45, 2.75) is 25.3 Å². The Morgan fingerprint density at radius 2 is 1.91 bits per heavy atom. The second-order valence-corrected chi connectivity index (χ2v) is 6.18. The summed E-state index contributed by atoms with van der Waals surface area (Å²) in [7, 11) is 0. The van der Waals surface area contributed by atoms with Crippen molar-refractivity contribution in [3.05, 3.63) is 18.5 Å². The van der Waals surface area contributed by atoms with Crippen LogP contribution in [0.25, 0.3) is 0 Å². The van der Waals surface area contributed by atoms with Crippen LogP contribution in [0.3, 0.4) is 0 Å². The Kier molecular flexibility index (Phi) is 5.40. The minimum Gasteiger partial charge on any atom is -0.395 e. The molecule has 7 heteroatoms. The first-order valence-corrected chi connectivity index (χ1v) is 8.42. The molecular formula is C16H25N5O2. The molecule has 2 fully saturated rings. The molecule has 0 unspecified atom stereocenters. The van der Waals surface area contributed by atoms with E-state index in [0.717, 1.165) is 58.1 Å². The predicted molar refractivity (Wildman–Crippen MR) is 87.1 cm³/mol. The number of hydrogen-bond acceptors (Lipinski definition) is 6. The Hall–Kier alpha value is -1.73. The van der Waals surface area contributed by atoms with E-state index >= 15 is 0 Å². The molecule has 1 atom stereocenters. The molecule has 3 heterocycles. The fourth-order valence-corrected chi connectivity index (χ4v) is 3.40. The van der Waals surface area contributed by atoms with Gasteiger partial charge >= 0.3 is 0 Å². The molecule has 7 nitrogen and oxygen atoms in total. The molecule has 0 radical (unpaired) electrons. The lowest BCUT2D eigenvalue weighted by atomic mass is 10.2. The van der Waals surface area contributed by atoms with Crippen molar-refractivity contribution in [2.75, 3.05) is 50.8 Å². The zero-order valence-electron chi connectivity index (χ0n) is 13.5. The van der Waals surface area contributed by atoms with E-state index in [1.807, 2.05) is 4.90 Å². The van der Waals surface area contributed by atoms with Gasteiger partial charge in [-0.25, -0.2) is 9.97 Å². The molecule has 23 heavy (non-hydrogen) atoms. The van der Waals surface area contributed by atoms with Crippen molar-refractivity contribution >= 4 is 11.9 Å². The Bertz CT molecular complexity index is 504. The van der Waals surface area contributed by atoms with E-state index in [4.69, 9.17) is 0 Å². The van der Waals surface area contributed by atoms with Gasteiger partial charge in [0.2, 0.25) is 11.9 Å². The predicted octanol–water partition coefficient (Wildman–Crippen LogP) is -0.0280. The van der Waals surface area contributed by atoms with Gasteiger partial charge in [0, 0.05) is 57.6 Å². The third-order valence-corrected chi connectivity index (χ3v) is 4.79. The monoisotopic (exact) mass is 319 g/mol. The molecule has 1 amide bonds. The molecule has 2 aliphatic heterocycles. The van der Waals surface area contributed by atoms with E-state index in [-0.39, 0.29) is 18.6 Å². The SMILES string of the molecule is O=C(CCN1CCC[C@H]1CO)N1CCN(c2ncccn2)CC1. The maximum atomic E-state index is 12.4. The fraction of sp³-hybridized carbons (Fsp3) is 0.688. The first-order valence-electron chi connectivity index (χ1n) is 8.42. The highest BCUT2D eigenvalue weighted by molar-refractivity contribution is 5.76. The molecule has 0 bridgehead atoms. The number of nitrogens with zero attached hydrogens (tertiary/aromatic N) is 5. The van der Waals surface area contributed by atoms with E-state index in [2.05, 4.69) is 19.8 Å². The second kappa shape index (κ2) is 7.70. The molecule has 1 aromatic heterocycles. The molecule has 1 aromatic rings. The summed E-state index contributed by atoms with van der Waals surface area (Å²) in [6.07, 6.45) is 6.19. The van der Waals surface area contributed by atoms with Crippen molar-refractivity contribution in [3.63, 3.8) is 0 Å². The number of aliphatic hydroxyl groups excluding tert-OH is 1. The first kappa shape index (κ1) is 16.1. The molecule has 0 spiro atoms. The van der Waals surface area contributed by atoms with Crippen LogP contribution in [0.5, 0.6) is 0 Å². The maximum Gasteiger partial charge on any atom is 0.225 e. The third-order valence-electron chi connectivity index (χ3n) is 4.79. The topological polar surface area (TPSA) is 72.8 Å². The number of aromatic nitrogens is 2. The van der Waals surface area contributed by atoms with Gasteiger partial charge in [-0.05, 0) is 25.5 Å². The molecule has 126 valence electrons. The van der Waals surface area contributed by atoms with Crippen LogP contribution in [0.2, 0.25) is 0 Å². The quantitative estimate of drug-likeness (QED) is 0.822. The van der Waals surface area contributed by atoms with E-state index in [1.165, 1.54) is 0 Å². The number of rotatable bonds is 5. The number of hydrogen-bond donors (Lipinski definition) is 1. The summed E-state index contributed by atoms with van der Waals surface area (Å²) >= 11 is 0. The molecule has 2 aliphatic rings. The summed E-state index contributed by atoms with van der Waals surface area (Å²) in [5.74, 6) is 0.949. The van der Waals surface area contributed by atoms with Gasteiger partial charge in [0.25, 0.3) is 0 Å². The standard InChI is InChI=1S/C16H25N5O2/c22-13-14-3-1-7-19(14)8-4-15(23)20-9-11-21(12-10-20)16-17-5-2-6-18-16/h2,5-6,14,22H,1,3-4,7-13H2/t14-/m0/s1. The second-order valence-electron chi connectivity index (χ2n) is 6.18. The lowest BCUT2D eigenvalue weighted by Gasteiger charge is -2.35. The lowest BCUT2D eigenvalue weighted by molar-refractivity contribution is -0.131. The van der Waals surface area contributed by atoms with Crippen LogP contribution >= 0.6 is 0 Å². The summed E-state index contributed by atoms with van der Waals surface area (Å²) in [6.45, 7) is 4.95. The van der Waals surface area contributed by atoms with Gasteiger partial charge in [-0.3, -0.25) is 9.69 Å². The van der Waals surface area contributed by atoms with Gasteiger partial charge in [-0.1, -0.05) is 0 Å². The first-order chi connectivity index (χ1) is 11.3. The number of amides is 1. The highest BCUT2D eigenvalue weighted by Gasteiger charge is 2.26. The van der Waals surface area contributed by atoms with Crippen molar-refractivity contribution in [1.82, 2.24) is 19.8 Å². The number of carbonyl (C=O) groups excluding carboxylic acids is 1. The molecule has 0 aliphatic carbocycles. The highest BCUT2D eigenvalue weighted by atomic mass is 16.3. The minimum absolute atomic E-state index is 0.198. The summed E-state index contributed by atoms with van der Waals surface area (Å²) in [4.78, 5) is 27.2. The summed E-state index contributed by atoms with van der Waals surface area (Å²) < 4.78 is 0. The van der Waals surface area contributed by atoms with Gasteiger partial charge in [-0.2, -0.15) is 0 Å². The van der Waals surface area contributed by atoms with Gasteiger partial charge in [0.15, 0.2) is 0 Å². The highest BCUT2D eigenvalue weighted by Crippen LogP contribution is 2.17. The number of aliphatic hydroxyl groups is 1. The maximum absolute atomic E-state index is 12.4. The Balaban J connectivity index is 1.43. The molecular weight excluding hydrogens is 294 g/mol. The minimum atomic E-state index is 0.198.